The highest BCUT2D eigenvalue weighted by atomic mass is 35.5. The minimum absolute atomic E-state index is 0.0454. The zero-order chi connectivity index (χ0) is 16.7. The van der Waals surface area contributed by atoms with Crippen LogP contribution >= 0.6 is 23.4 Å². The van der Waals surface area contributed by atoms with Gasteiger partial charge in [-0.25, -0.2) is 0 Å². The number of carbonyl (C=O) groups excluding carboxylic acids is 1. The van der Waals surface area contributed by atoms with Crippen LogP contribution < -0.4 is 0 Å². The molecule has 1 amide bonds. The third-order valence-electron chi connectivity index (χ3n) is 3.39. The molecular formula is C16H9ClN4O2S. The fourth-order valence-corrected chi connectivity index (χ4v) is 3.46. The van der Waals surface area contributed by atoms with Gasteiger partial charge in [-0.1, -0.05) is 29.8 Å². The van der Waals surface area contributed by atoms with Crippen molar-refractivity contribution >= 4 is 51.4 Å². The molecule has 1 aromatic carbocycles. The van der Waals surface area contributed by atoms with Gasteiger partial charge in [-0.15, -0.1) is 0 Å². The second-order valence-electron chi connectivity index (χ2n) is 4.92. The number of carbonyl (C=O) groups is 1. The highest BCUT2D eigenvalue weighted by Crippen LogP contribution is 2.32. The number of thioether (sulfide) groups is 1. The standard InChI is InChI=1S/C16H9ClN4O2S/c17-12-6-2-1-5-10(12)15-20-21-13(18)11(8-9-4-3-7-23-9)14(22)19-16(21)24-15/h1-8,18H/b11-8-,18-13?. The zero-order valence-corrected chi connectivity index (χ0v) is 13.6. The summed E-state index contributed by atoms with van der Waals surface area (Å²) in [6.07, 6.45) is 2.98. The van der Waals surface area contributed by atoms with Gasteiger partial charge in [-0.2, -0.15) is 15.1 Å². The summed E-state index contributed by atoms with van der Waals surface area (Å²) >= 11 is 7.40. The molecular weight excluding hydrogens is 348 g/mol. The molecule has 0 fully saturated rings. The van der Waals surface area contributed by atoms with Crippen molar-refractivity contribution in [1.82, 2.24) is 5.01 Å². The van der Waals surface area contributed by atoms with Crippen LogP contribution in [0.5, 0.6) is 0 Å². The number of nitrogens with zero attached hydrogens (tertiary/aromatic N) is 3. The van der Waals surface area contributed by atoms with Crippen molar-refractivity contribution in [3.63, 3.8) is 0 Å². The van der Waals surface area contributed by atoms with E-state index in [9.17, 15) is 4.79 Å². The predicted octanol–water partition coefficient (Wildman–Crippen LogP) is 3.60. The lowest BCUT2D eigenvalue weighted by Crippen LogP contribution is -2.35. The van der Waals surface area contributed by atoms with E-state index in [4.69, 9.17) is 21.4 Å². The summed E-state index contributed by atoms with van der Waals surface area (Å²) in [5.74, 6) is -0.0642. The Hall–Kier alpha value is -2.64. The number of aliphatic imine (C=N–C) groups is 1. The summed E-state index contributed by atoms with van der Waals surface area (Å²) < 4.78 is 5.20. The lowest BCUT2D eigenvalue weighted by atomic mass is 10.1. The van der Waals surface area contributed by atoms with Crippen LogP contribution in [-0.4, -0.2) is 27.0 Å². The first-order valence-corrected chi connectivity index (χ1v) is 8.11. The Kier molecular flexibility index (Phi) is 3.59. The summed E-state index contributed by atoms with van der Waals surface area (Å²) in [7, 11) is 0. The van der Waals surface area contributed by atoms with Gasteiger partial charge in [0.1, 0.15) is 10.8 Å². The number of hydrogen-bond donors (Lipinski definition) is 1. The van der Waals surface area contributed by atoms with E-state index < -0.39 is 5.91 Å². The molecule has 2 aromatic rings. The van der Waals surface area contributed by atoms with Crippen molar-refractivity contribution in [3.8, 4) is 0 Å². The number of rotatable bonds is 2. The molecule has 1 N–H and O–H groups in total. The van der Waals surface area contributed by atoms with E-state index >= 15 is 0 Å². The van der Waals surface area contributed by atoms with Crippen LogP contribution in [0.2, 0.25) is 5.02 Å². The summed E-state index contributed by atoms with van der Waals surface area (Å²) in [5.41, 5.74) is 0.858. The van der Waals surface area contributed by atoms with Crippen LogP contribution in [0.1, 0.15) is 11.3 Å². The number of hydrogen-bond acceptors (Lipinski definition) is 5. The average Bonchev–Trinajstić information content (AvgIpc) is 3.21. The Labute approximate surface area is 146 Å². The highest BCUT2D eigenvalue weighted by molar-refractivity contribution is 8.27. The maximum absolute atomic E-state index is 12.2. The number of fused-ring (bicyclic) bond motifs is 1. The quantitative estimate of drug-likeness (QED) is 0.833. The van der Waals surface area contributed by atoms with Crippen LogP contribution in [0.25, 0.3) is 6.08 Å². The number of halogens is 1. The molecule has 0 unspecified atom stereocenters. The van der Waals surface area contributed by atoms with Crippen molar-refractivity contribution in [2.45, 2.75) is 0 Å². The first-order valence-electron chi connectivity index (χ1n) is 6.92. The summed E-state index contributed by atoms with van der Waals surface area (Å²) in [6, 6.07) is 10.7. The van der Waals surface area contributed by atoms with Crippen LogP contribution in [-0.2, 0) is 4.79 Å². The van der Waals surface area contributed by atoms with Gasteiger partial charge in [0, 0.05) is 5.56 Å². The van der Waals surface area contributed by atoms with Crippen LogP contribution in [0, 0.1) is 5.41 Å². The van der Waals surface area contributed by atoms with E-state index in [1.807, 2.05) is 18.2 Å². The van der Waals surface area contributed by atoms with Gasteiger partial charge in [0.25, 0.3) is 5.91 Å². The van der Waals surface area contributed by atoms with Crippen molar-refractivity contribution < 1.29 is 9.21 Å². The van der Waals surface area contributed by atoms with Gasteiger partial charge >= 0.3 is 0 Å². The molecule has 24 heavy (non-hydrogen) atoms. The van der Waals surface area contributed by atoms with Gasteiger partial charge in [0.15, 0.2) is 5.84 Å². The normalized spacial score (nSPS) is 18.7. The number of amides is 1. The first kappa shape index (κ1) is 14.9. The Morgan fingerprint density at radius 1 is 1.25 bits per heavy atom. The molecule has 4 rings (SSSR count). The summed E-state index contributed by atoms with van der Waals surface area (Å²) in [4.78, 5) is 16.2. The molecule has 6 nitrogen and oxygen atoms in total. The second kappa shape index (κ2) is 5.77. The lowest BCUT2D eigenvalue weighted by Gasteiger charge is -2.19. The minimum Gasteiger partial charge on any atom is -0.465 e. The molecule has 1 aromatic heterocycles. The van der Waals surface area contributed by atoms with Crippen LogP contribution in [0.4, 0.5) is 0 Å². The van der Waals surface area contributed by atoms with E-state index in [0.717, 1.165) is 5.56 Å². The van der Waals surface area contributed by atoms with Crippen LogP contribution in [0.15, 0.2) is 62.7 Å². The van der Waals surface area contributed by atoms with Gasteiger partial charge in [-0.05, 0) is 36.0 Å². The lowest BCUT2D eigenvalue weighted by molar-refractivity contribution is -0.114. The maximum atomic E-state index is 12.2. The maximum Gasteiger partial charge on any atom is 0.283 e. The van der Waals surface area contributed by atoms with Crippen LogP contribution in [0.3, 0.4) is 0 Å². The first-order chi connectivity index (χ1) is 11.6. The summed E-state index contributed by atoms with van der Waals surface area (Å²) in [6.45, 7) is 0. The largest absolute Gasteiger partial charge is 0.465 e. The van der Waals surface area contributed by atoms with Gasteiger partial charge in [-0.3, -0.25) is 10.2 Å². The topological polar surface area (TPSA) is 82.0 Å². The van der Waals surface area contributed by atoms with E-state index in [0.29, 0.717) is 21.0 Å². The third kappa shape index (κ3) is 2.47. The molecule has 2 aliphatic heterocycles. The van der Waals surface area contributed by atoms with Gasteiger partial charge in [0.05, 0.1) is 16.9 Å². The van der Waals surface area contributed by atoms with Gasteiger partial charge < -0.3 is 4.42 Å². The predicted molar refractivity (Wildman–Crippen MR) is 94.3 cm³/mol. The molecule has 0 atom stereocenters. The fourth-order valence-electron chi connectivity index (χ4n) is 2.25. The van der Waals surface area contributed by atoms with Crippen molar-refractivity contribution in [1.29, 1.82) is 5.41 Å². The molecule has 0 saturated carbocycles. The molecule has 0 bridgehead atoms. The molecule has 0 saturated heterocycles. The monoisotopic (exact) mass is 356 g/mol. The number of furan rings is 1. The Bertz CT molecular complexity index is 947. The van der Waals surface area contributed by atoms with E-state index in [2.05, 4.69) is 10.1 Å². The SMILES string of the molecule is N=C1/C(=C/c2ccco2)C(=O)N=C2SC(c3ccccc3Cl)=NN12. The molecule has 0 radical (unpaired) electrons. The zero-order valence-electron chi connectivity index (χ0n) is 12.1. The third-order valence-corrected chi connectivity index (χ3v) is 4.66. The number of benzene rings is 1. The van der Waals surface area contributed by atoms with E-state index in [1.54, 1.807) is 18.2 Å². The minimum atomic E-state index is -0.495. The average molecular weight is 357 g/mol. The van der Waals surface area contributed by atoms with Gasteiger partial charge in [0.2, 0.25) is 5.17 Å². The molecule has 2 aliphatic rings. The van der Waals surface area contributed by atoms with E-state index in [-0.39, 0.29) is 11.4 Å². The van der Waals surface area contributed by atoms with Crippen molar-refractivity contribution in [2.24, 2.45) is 10.1 Å². The Morgan fingerprint density at radius 3 is 2.83 bits per heavy atom. The molecule has 0 spiro atoms. The molecule has 118 valence electrons. The number of amidine groups is 2. The van der Waals surface area contributed by atoms with E-state index in [1.165, 1.54) is 29.1 Å². The van der Waals surface area contributed by atoms with Crippen molar-refractivity contribution in [3.05, 3.63) is 64.6 Å². The molecule has 3 heterocycles. The fraction of sp³-hybridized carbons (Fsp3) is 0. The Balaban J connectivity index is 1.73. The number of hydrazone groups is 1. The summed E-state index contributed by atoms with van der Waals surface area (Å²) in [5, 5.41) is 15.5. The molecule has 0 aliphatic carbocycles. The molecule has 8 heteroatoms. The highest BCUT2D eigenvalue weighted by Gasteiger charge is 2.36. The van der Waals surface area contributed by atoms with Crippen molar-refractivity contribution in [2.75, 3.05) is 0 Å². The smallest absolute Gasteiger partial charge is 0.283 e. The second-order valence-corrected chi connectivity index (χ2v) is 6.28. The number of nitrogens with one attached hydrogen (secondary N) is 1. The Morgan fingerprint density at radius 2 is 2.08 bits per heavy atom.